The fraction of sp³-hybridized carbons (Fsp3) is 0.231. The Hall–Kier alpha value is -2.51. The van der Waals surface area contributed by atoms with Crippen LogP contribution in [-0.2, 0) is 0 Å². The van der Waals surface area contributed by atoms with Gasteiger partial charge in [-0.2, -0.15) is 0 Å². The Balaban J connectivity index is 2.14. The highest BCUT2D eigenvalue weighted by Crippen LogP contribution is 2.26. The van der Waals surface area contributed by atoms with Gasteiger partial charge < -0.3 is 15.4 Å². The number of hydrogen-bond acceptors (Lipinski definition) is 5. The highest BCUT2D eigenvalue weighted by molar-refractivity contribution is 5.64. The molecule has 112 valence electrons. The maximum Gasteiger partial charge on any atom is 0.573 e. The van der Waals surface area contributed by atoms with Crippen LogP contribution in [0.1, 0.15) is 5.56 Å². The molecule has 8 heteroatoms. The first-order valence-electron chi connectivity index (χ1n) is 6.01. The minimum absolute atomic E-state index is 0.275. The third-order valence-electron chi connectivity index (χ3n) is 2.67. The Morgan fingerprint density at radius 3 is 2.24 bits per heavy atom. The molecule has 0 amide bonds. The standard InChI is InChI=1S/C13H13F3N4O/c1-8-11(17-2)18-7-19-12(8)20-9-3-5-10(6-4-9)21-13(14,15)16/h3-7H,1-2H3,(H2,17,18,19,20). The smallest absolute Gasteiger partial charge is 0.406 e. The molecule has 2 rings (SSSR count). The molecular formula is C13H13F3N4O. The van der Waals surface area contributed by atoms with Gasteiger partial charge in [0.15, 0.2) is 0 Å². The van der Waals surface area contributed by atoms with Gasteiger partial charge >= 0.3 is 6.36 Å². The number of nitrogens with one attached hydrogen (secondary N) is 2. The lowest BCUT2D eigenvalue weighted by Gasteiger charge is -2.12. The molecule has 0 spiro atoms. The van der Waals surface area contributed by atoms with E-state index in [0.29, 0.717) is 17.3 Å². The predicted octanol–water partition coefficient (Wildman–Crippen LogP) is 3.47. The Morgan fingerprint density at radius 2 is 1.67 bits per heavy atom. The number of aromatic nitrogens is 2. The molecule has 0 saturated carbocycles. The van der Waals surface area contributed by atoms with Crippen molar-refractivity contribution in [3.8, 4) is 5.75 Å². The SMILES string of the molecule is CNc1ncnc(Nc2ccc(OC(F)(F)F)cc2)c1C. The summed E-state index contributed by atoms with van der Waals surface area (Å²) in [4.78, 5) is 8.14. The van der Waals surface area contributed by atoms with Gasteiger partial charge in [0.1, 0.15) is 23.7 Å². The van der Waals surface area contributed by atoms with Crippen LogP contribution < -0.4 is 15.4 Å². The molecule has 1 heterocycles. The monoisotopic (exact) mass is 298 g/mol. The van der Waals surface area contributed by atoms with Gasteiger partial charge in [0.05, 0.1) is 0 Å². The number of alkyl halides is 3. The van der Waals surface area contributed by atoms with Gasteiger partial charge in [-0.05, 0) is 31.2 Å². The Morgan fingerprint density at radius 1 is 1.05 bits per heavy atom. The van der Waals surface area contributed by atoms with Crippen LogP contribution in [0.15, 0.2) is 30.6 Å². The zero-order valence-electron chi connectivity index (χ0n) is 11.3. The van der Waals surface area contributed by atoms with E-state index in [1.165, 1.54) is 30.6 Å². The van der Waals surface area contributed by atoms with E-state index in [1.807, 2.05) is 6.92 Å². The minimum Gasteiger partial charge on any atom is -0.406 e. The topological polar surface area (TPSA) is 59.1 Å². The quantitative estimate of drug-likeness (QED) is 0.905. The summed E-state index contributed by atoms with van der Waals surface area (Å²) in [7, 11) is 1.74. The molecule has 21 heavy (non-hydrogen) atoms. The summed E-state index contributed by atoms with van der Waals surface area (Å²) in [6, 6.07) is 5.40. The molecule has 2 aromatic rings. The largest absolute Gasteiger partial charge is 0.573 e. The maximum absolute atomic E-state index is 12.1. The second-order valence-corrected chi connectivity index (χ2v) is 4.14. The van der Waals surface area contributed by atoms with Crippen LogP contribution in [0.25, 0.3) is 0 Å². The van der Waals surface area contributed by atoms with Crippen LogP contribution >= 0.6 is 0 Å². The fourth-order valence-corrected chi connectivity index (χ4v) is 1.70. The van der Waals surface area contributed by atoms with Crippen LogP contribution in [0, 0.1) is 6.92 Å². The second kappa shape index (κ2) is 5.86. The van der Waals surface area contributed by atoms with Crippen molar-refractivity contribution in [2.24, 2.45) is 0 Å². The first-order chi connectivity index (χ1) is 9.89. The van der Waals surface area contributed by atoms with Crippen molar-refractivity contribution in [2.45, 2.75) is 13.3 Å². The van der Waals surface area contributed by atoms with Gasteiger partial charge in [0.2, 0.25) is 0 Å². The van der Waals surface area contributed by atoms with Crippen molar-refractivity contribution >= 4 is 17.3 Å². The summed E-state index contributed by atoms with van der Waals surface area (Å²) in [6.07, 6.45) is -3.30. The number of hydrogen-bond donors (Lipinski definition) is 2. The molecule has 0 unspecified atom stereocenters. The highest BCUT2D eigenvalue weighted by atomic mass is 19.4. The van der Waals surface area contributed by atoms with Crippen molar-refractivity contribution in [3.63, 3.8) is 0 Å². The molecule has 0 fully saturated rings. The zero-order chi connectivity index (χ0) is 15.5. The van der Waals surface area contributed by atoms with E-state index < -0.39 is 6.36 Å². The number of benzene rings is 1. The average molecular weight is 298 g/mol. The molecule has 0 saturated heterocycles. The molecule has 0 aliphatic heterocycles. The lowest BCUT2D eigenvalue weighted by atomic mass is 10.2. The van der Waals surface area contributed by atoms with E-state index in [1.54, 1.807) is 7.05 Å². The summed E-state index contributed by atoms with van der Waals surface area (Å²) in [5.74, 6) is 0.965. The van der Waals surface area contributed by atoms with Gasteiger partial charge in [-0.3, -0.25) is 0 Å². The summed E-state index contributed by atoms with van der Waals surface area (Å²) in [5, 5.41) is 5.93. The summed E-state index contributed by atoms with van der Waals surface area (Å²) in [5.41, 5.74) is 1.39. The van der Waals surface area contributed by atoms with Crippen molar-refractivity contribution in [3.05, 3.63) is 36.2 Å². The van der Waals surface area contributed by atoms with E-state index in [-0.39, 0.29) is 5.75 Å². The van der Waals surface area contributed by atoms with Gasteiger partial charge in [-0.15, -0.1) is 13.2 Å². The molecule has 0 atom stereocenters. The van der Waals surface area contributed by atoms with Crippen LogP contribution in [0.2, 0.25) is 0 Å². The van der Waals surface area contributed by atoms with Gasteiger partial charge in [-0.25, -0.2) is 9.97 Å². The van der Waals surface area contributed by atoms with E-state index in [0.717, 1.165) is 5.56 Å². The molecule has 0 aliphatic carbocycles. The maximum atomic E-state index is 12.1. The third-order valence-corrected chi connectivity index (χ3v) is 2.67. The molecule has 1 aromatic carbocycles. The summed E-state index contributed by atoms with van der Waals surface area (Å²) < 4.78 is 40.0. The van der Waals surface area contributed by atoms with E-state index in [4.69, 9.17) is 0 Å². The predicted molar refractivity (Wildman–Crippen MR) is 72.7 cm³/mol. The number of nitrogens with zero attached hydrogens (tertiary/aromatic N) is 2. The summed E-state index contributed by atoms with van der Waals surface area (Å²) >= 11 is 0. The van der Waals surface area contributed by atoms with Gasteiger partial charge in [0, 0.05) is 18.3 Å². The number of ether oxygens (including phenoxy) is 1. The first kappa shape index (κ1) is 14.9. The molecular weight excluding hydrogens is 285 g/mol. The van der Waals surface area contributed by atoms with Crippen molar-refractivity contribution < 1.29 is 17.9 Å². The fourth-order valence-electron chi connectivity index (χ4n) is 1.70. The molecule has 1 aromatic heterocycles. The number of halogens is 3. The van der Waals surface area contributed by atoms with Crippen molar-refractivity contribution in [1.82, 2.24) is 9.97 Å². The van der Waals surface area contributed by atoms with E-state index in [2.05, 4.69) is 25.3 Å². The van der Waals surface area contributed by atoms with Gasteiger partial charge in [-0.1, -0.05) is 0 Å². The molecule has 0 aliphatic rings. The first-order valence-corrected chi connectivity index (χ1v) is 6.01. The third kappa shape index (κ3) is 3.98. The van der Waals surface area contributed by atoms with Crippen molar-refractivity contribution in [1.29, 1.82) is 0 Å². The molecule has 0 bridgehead atoms. The van der Waals surface area contributed by atoms with E-state index in [9.17, 15) is 13.2 Å². The normalized spacial score (nSPS) is 11.1. The Kier molecular flexibility index (Phi) is 4.15. The minimum atomic E-state index is -4.69. The molecule has 5 nitrogen and oxygen atoms in total. The molecule has 0 radical (unpaired) electrons. The van der Waals surface area contributed by atoms with Crippen molar-refractivity contribution in [2.75, 3.05) is 17.7 Å². The lowest BCUT2D eigenvalue weighted by molar-refractivity contribution is -0.274. The highest BCUT2D eigenvalue weighted by Gasteiger charge is 2.30. The van der Waals surface area contributed by atoms with Crippen LogP contribution in [0.4, 0.5) is 30.5 Å². The molecule has 2 N–H and O–H groups in total. The van der Waals surface area contributed by atoms with E-state index >= 15 is 0 Å². The van der Waals surface area contributed by atoms with Crippen LogP contribution in [-0.4, -0.2) is 23.4 Å². The van der Waals surface area contributed by atoms with Crippen LogP contribution in [0.5, 0.6) is 5.75 Å². The van der Waals surface area contributed by atoms with Crippen LogP contribution in [0.3, 0.4) is 0 Å². The number of rotatable bonds is 4. The Bertz CT molecular complexity index is 614. The Labute approximate surface area is 119 Å². The average Bonchev–Trinajstić information content (AvgIpc) is 2.42. The van der Waals surface area contributed by atoms with Gasteiger partial charge in [0.25, 0.3) is 0 Å². The number of anilines is 3. The second-order valence-electron chi connectivity index (χ2n) is 4.14. The zero-order valence-corrected chi connectivity index (χ0v) is 11.3. The summed E-state index contributed by atoms with van der Waals surface area (Å²) in [6.45, 7) is 1.83. The lowest BCUT2D eigenvalue weighted by Crippen LogP contribution is -2.17.